The molecule has 0 fully saturated rings. The highest BCUT2D eigenvalue weighted by atomic mass is 16.5. The molecule has 0 aliphatic rings. The summed E-state index contributed by atoms with van der Waals surface area (Å²) in [7, 11) is 0. The molecule has 25 heavy (non-hydrogen) atoms. The van der Waals surface area contributed by atoms with Gasteiger partial charge in [0.1, 0.15) is 23.0 Å². The first kappa shape index (κ1) is 17.0. The molecule has 120 valence electrons. The van der Waals surface area contributed by atoms with Crippen molar-refractivity contribution in [3.8, 4) is 48.0 Å². The molecular formula is C17H8N4O4. The van der Waals surface area contributed by atoms with Crippen molar-refractivity contribution in [1.82, 2.24) is 0 Å². The fraction of sp³-hybridized carbons (Fsp3) is 0.0588. The molecule has 0 aliphatic carbocycles. The van der Waals surface area contributed by atoms with E-state index in [1.165, 1.54) is 24.6 Å². The second kappa shape index (κ2) is 8.29. The maximum atomic E-state index is 8.77. The maximum absolute atomic E-state index is 8.77. The van der Waals surface area contributed by atoms with Gasteiger partial charge in [-0.05, 0) is 12.1 Å². The number of rotatable bonds is 6. The molecule has 8 nitrogen and oxygen atoms in total. The van der Waals surface area contributed by atoms with Gasteiger partial charge in [-0.15, -0.1) is 21.0 Å². The van der Waals surface area contributed by atoms with Crippen molar-refractivity contribution in [1.29, 1.82) is 21.0 Å². The number of nitrogens with zero attached hydrogens (tertiary/aromatic N) is 4. The van der Waals surface area contributed by atoms with Gasteiger partial charge in [-0.2, -0.15) is 0 Å². The maximum Gasteiger partial charge on any atom is 0.292 e. The highest BCUT2D eigenvalue weighted by Crippen LogP contribution is 2.31. The standard InChI is InChI=1S/C17H8N4O4/c18-8-22-14-3-1-12(16(6-14)24-10-20)5-13-2-4-15(23-9-19)7-17(13)25-11-21/h1-4,6-7H,5H2. The van der Waals surface area contributed by atoms with Crippen LogP contribution in [0.4, 0.5) is 0 Å². The Bertz CT molecular complexity index is 868. The Balaban J connectivity index is 2.39. The molecule has 0 saturated heterocycles. The molecule has 0 atom stereocenters. The molecule has 0 amide bonds. The van der Waals surface area contributed by atoms with Gasteiger partial charge in [-0.1, -0.05) is 12.1 Å². The van der Waals surface area contributed by atoms with Gasteiger partial charge in [0.25, 0.3) is 25.0 Å². The summed E-state index contributed by atoms with van der Waals surface area (Å²) in [5, 5.41) is 34.6. The second-order valence-corrected chi connectivity index (χ2v) is 4.49. The largest absolute Gasteiger partial charge is 0.388 e. The molecule has 0 aliphatic heterocycles. The molecule has 0 bridgehead atoms. The van der Waals surface area contributed by atoms with Crippen molar-refractivity contribution in [3.63, 3.8) is 0 Å². The molecule has 8 heteroatoms. The van der Waals surface area contributed by atoms with E-state index in [-0.39, 0.29) is 29.4 Å². The molecular weight excluding hydrogens is 324 g/mol. The van der Waals surface area contributed by atoms with Crippen molar-refractivity contribution in [2.24, 2.45) is 0 Å². The van der Waals surface area contributed by atoms with Gasteiger partial charge in [0, 0.05) is 29.7 Å². The Kier molecular flexibility index (Phi) is 5.62. The highest BCUT2D eigenvalue weighted by Gasteiger charge is 2.13. The minimum Gasteiger partial charge on any atom is -0.388 e. The molecule has 2 aromatic carbocycles. The van der Waals surface area contributed by atoms with Crippen LogP contribution in [0.3, 0.4) is 0 Å². The van der Waals surface area contributed by atoms with Crippen LogP contribution in [0, 0.1) is 46.1 Å². The Morgan fingerprint density at radius 2 is 1.00 bits per heavy atom. The average molecular weight is 332 g/mol. The Labute approximate surface area is 142 Å². The molecule has 2 rings (SSSR count). The predicted octanol–water partition coefficient (Wildman–Crippen LogP) is 2.72. The quantitative estimate of drug-likeness (QED) is 0.737. The fourth-order valence-electron chi connectivity index (χ4n) is 2.09. The van der Waals surface area contributed by atoms with E-state index in [0.717, 1.165) is 0 Å². The number of hydrogen-bond acceptors (Lipinski definition) is 8. The van der Waals surface area contributed by atoms with E-state index in [4.69, 9.17) is 40.0 Å². The van der Waals surface area contributed by atoms with Crippen LogP contribution in [0.2, 0.25) is 0 Å². The van der Waals surface area contributed by atoms with Crippen LogP contribution < -0.4 is 18.9 Å². The van der Waals surface area contributed by atoms with E-state index in [9.17, 15) is 0 Å². The molecule has 2 aromatic rings. The van der Waals surface area contributed by atoms with Gasteiger partial charge in [-0.25, -0.2) is 0 Å². The van der Waals surface area contributed by atoms with Crippen molar-refractivity contribution >= 4 is 0 Å². The van der Waals surface area contributed by atoms with E-state index in [0.29, 0.717) is 11.1 Å². The fourth-order valence-corrected chi connectivity index (χ4v) is 2.09. The summed E-state index contributed by atoms with van der Waals surface area (Å²) in [4.78, 5) is 0. The zero-order valence-corrected chi connectivity index (χ0v) is 12.6. The first-order chi connectivity index (χ1) is 12.2. The van der Waals surface area contributed by atoms with Crippen LogP contribution >= 0.6 is 0 Å². The molecule has 0 unspecified atom stereocenters. The summed E-state index contributed by atoms with van der Waals surface area (Å²) in [6.45, 7) is 0. The lowest BCUT2D eigenvalue weighted by molar-refractivity contribution is 0.476. The Morgan fingerprint density at radius 1 is 0.600 bits per heavy atom. The second-order valence-electron chi connectivity index (χ2n) is 4.49. The lowest BCUT2D eigenvalue weighted by Crippen LogP contribution is -1.98. The van der Waals surface area contributed by atoms with Crippen LogP contribution in [-0.4, -0.2) is 0 Å². The van der Waals surface area contributed by atoms with Crippen LogP contribution in [0.1, 0.15) is 11.1 Å². The predicted molar refractivity (Wildman–Crippen MR) is 80.7 cm³/mol. The normalized spacial score (nSPS) is 8.80. The van der Waals surface area contributed by atoms with Crippen molar-refractivity contribution in [2.45, 2.75) is 6.42 Å². The first-order valence-corrected chi connectivity index (χ1v) is 6.71. The molecule has 0 heterocycles. The van der Waals surface area contributed by atoms with Gasteiger partial charge in [-0.3, -0.25) is 0 Å². The van der Waals surface area contributed by atoms with E-state index in [2.05, 4.69) is 0 Å². The zero-order valence-electron chi connectivity index (χ0n) is 12.6. The van der Waals surface area contributed by atoms with Gasteiger partial charge in [0.05, 0.1) is 0 Å². The summed E-state index contributed by atoms with van der Waals surface area (Å²) in [5.41, 5.74) is 1.20. The third kappa shape index (κ3) is 4.29. The molecule has 0 spiro atoms. The number of benzene rings is 2. The minimum absolute atomic E-state index is 0.204. The topological polar surface area (TPSA) is 132 Å². The third-order valence-electron chi connectivity index (χ3n) is 3.10. The van der Waals surface area contributed by atoms with E-state index >= 15 is 0 Å². The van der Waals surface area contributed by atoms with Crippen LogP contribution in [-0.2, 0) is 6.42 Å². The Hall–Kier alpha value is -4.40. The highest BCUT2D eigenvalue weighted by molar-refractivity contribution is 5.48. The van der Waals surface area contributed by atoms with Gasteiger partial charge in [0.2, 0.25) is 0 Å². The molecule has 0 N–H and O–H groups in total. The summed E-state index contributed by atoms with van der Waals surface area (Å²) in [5.74, 6) is 0.858. The number of ether oxygens (including phenoxy) is 4. The molecule has 0 saturated carbocycles. The van der Waals surface area contributed by atoms with E-state index in [1.807, 2.05) is 0 Å². The minimum atomic E-state index is 0.204. The first-order valence-electron chi connectivity index (χ1n) is 6.71. The Morgan fingerprint density at radius 3 is 1.36 bits per heavy atom. The lowest BCUT2D eigenvalue weighted by atomic mass is 10.0. The lowest BCUT2D eigenvalue weighted by Gasteiger charge is -2.11. The summed E-state index contributed by atoms with van der Waals surface area (Å²) in [6.07, 6.45) is 6.46. The van der Waals surface area contributed by atoms with Crippen LogP contribution in [0.5, 0.6) is 23.0 Å². The number of hydrogen-bond donors (Lipinski definition) is 0. The van der Waals surface area contributed by atoms with Gasteiger partial charge >= 0.3 is 0 Å². The summed E-state index contributed by atoms with van der Waals surface area (Å²) >= 11 is 0. The molecule has 0 radical (unpaired) electrons. The molecule has 0 aromatic heterocycles. The van der Waals surface area contributed by atoms with E-state index < -0.39 is 0 Å². The average Bonchev–Trinajstić information content (AvgIpc) is 2.60. The van der Waals surface area contributed by atoms with E-state index in [1.54, 1.807) is 36.8 Å². The van der Waals surface area contributed by atoms with Gasteiger partial charge in [0.15, 0.2) is 0 Å². The summed E-state index contributed by atoms with van der Waals surface area (Å²) < 4.78 is 19.2. The van der Waals surface area contributed by atoms with Crippen molar-refractivity contribution in [2.75, 3.05) is 0 Å². The zero-order chi connectivity index (χ0) is 18.1. The summed E-state index contributed by atoms with van der Waals surface area (Å²) in [6, 6.07) is 9.13. The van der Waals surface area contributed by atoms with Crippen molar-refractivity contribution in [3.05, 3.63) is 47.5 Å². The van der Waals surface area contributed by atoms with Crippen molar-refractivity contribution < 1.29 is 18.9 Å². The number of nitriles is 4. The van der Waals surface area contributed by atoms with Gasteiger partial charge < -0.3 is 18.9 Å². The monoisotopic (exact) mass is 332 g/mol. The smallest absolute Gasteiger partial charge is 0.292 e. The van der Waals surface area contributed by atoms with Crippen LogP contribution in [0.25, 0.3) is 0 Å². The van der Waals surface area contributed by atoms with Crippen LogP contribution in [0.15, 0.2) is 36.4 Å². The third-order valence-corrected chi connectivity index (χ3v) is 3.10. The SMILES string of the molecule is N#COc1ccc(Cc2ccc(OC#N)cc2OC#N)c(OC#N)c1.